The van der Waals surface area contributed by atoms with Crippen LogP contribution < -0.4 is 5.32 Å². The van der Waals surface area contributed by atoms with Gasteiger partial charge >= 0.3 is 0 Å². The van der Waals surface area contributed by atoms with E-state index in [-0.39, 0.29) is 11.5 Å². The first-order valence-electron chi connectivity index (χ1n) is 8.67. The Hall–Kier alpha value is -2.76. The maximum atomic E-state index is 14.3. The van der Waals surface area contributed by atoms with Crippen LogP contribution in [0.15, 0.2) is 42.5 Å². The van der Waals surface area contributed by atoms with Crippen LogP contribution in [0, 0.1) is 17.5 Å². The first-order valence-corrected chi connectivity index (χ1v) is 8.67. The molecule has 6 heteroatoms. The molecule has 0 amide bonds. The average molecular weight is 357 g/mol. The van der Waals surface area contributed by atoms with E-state index in [1.807, 2.05) is 0 Å². The van der Waals surface area contributed by atoms with E-state index in [2.05, 4.69) is 10.4 Å². The van der Waals surface area contributed by atoms with Crippen molar-refractivity contribution in [3.05, 3.63) is 76.7 Å². The Balaban J connectivity index is 1.83. The molecule has 0 saturated heterocycles. The van der Waals surface area contributed by atoms with Crippen LogP contribution in [0.3, 0.4) is 0 Å². The molecule has 0 unspecified atom stereocenters. The largest absolute Gasteiger partial charge is 0.370 e. The minimum Gasteiger partial charge on any atom is -0.370 e. The summed E-state index contributed by atoms with van der Waals surface area (Å²) >= 11 is 0. The van der Waals surface area contributed by atoms with Gasteiger partial charge < -0.3 is 5.32 Å². The van der Waals surface area contributed by atoms with Crippen LogP contribution in [0.4, 0.5) is 19.0 Å². The summed E-state index contributed by atoms with van der Waals surface area (Å²) < 4.78 is 43.1. The summed E-state index contributed by atoms with van der Waals surface area (Å²) in [4.78, 5) is 0. The van der Waals surface area contributed by atoms with Gasteiger partial charge in [-0.2, -0.15) is 5.10 Å². The van der Waals surface area contributed by atoms with Gasteiger partial charge in [0.15, 0.2) is 5.82 Å². The third-order valence-electron chi connectivity index (χ3n) is 4.67. The van der Waals surface area contributed by atoms with Gasteiger partial charge in [-0.05, 0) is 43.0 Å². The van der Waals surface area contributed by atoms with E-state index in [1.54, 1.807) is 18.2 Å². The molecular weight excluding hydrogens is 339 g/mol. The number of nitrogens with zero attached hydrogens (tertiary/aromatic N) is 2. The van der Waals surface area contributed by atoms with Gasteiger partial charge in [0.2, 0.25) is 0 Å². The van der Waals surface area contributed by atoms with Gasteiger partial charge in [0.05, 0.1) is 5.69 Å². The molecule has 0 spiro atoms. The van der Waals surface area contributed by atoms with Crippen molar-refractivity contribution >= 4 is 5.82 Å². The highest BCUT2D eigenvalue weighted by molar-refractivity contribution is 5.55. The zero-order valence-electron chi connectivity index (χ0n) is 14.1. The van der Waals surface area contributed by atoms with Crippen LogP contribution in [-0.2, 0) is 12.8 Å². The summed E-state index contributed by atoms with van der Waals surface area (Å²) in [6.07, 6.45) is 3.07. The monoisotopic (exact) mass is 357 g/mol. The molecule has 0 radical (unpaired) electrons. The van der Waals surface area contributed by atoms with Crippen LogP contribution in [0.5, 0.6) is 0 Å². The smallest absolute Gasteiger partial charge is 0.151 e. The summed E-state index contributed by atoms with van der Waals surface area (Å²) in [6, 6.07) is 10.00. The van der Waals surface area contributed by atoms with Gasteiger partial charge in [-0.15, -0.1) is 0 Å². The third-order valence-corrected chi connectivity index (χ3v) is 4.67. The van der Waals surface area contributed by atoms with Crippen LogP contribution in [-0.4, -0.2) is 16.3 Å². The fourth-order valence-corrected chi connectivity index (χ4v) is 3.36. The molecule has 1 aliphatic rings. The summed E-state index contributed by atoms with van der Waals surface area (Å²) in [6.45, 7) is 0.751. The molecule has 4 rings (SSSR count). The van der Waals surface area contributed by atoms with Crippen LogP contribution in [0.2, 0.25) is 0 Å². The van der Waals surface area contributed by atoms with Crippen LogP contribution in [0.25, 0.3) is 5.69 Å². The topological polar surface area (TPSA) is 29.9 Å². The van der Waals surface area contributed by atoms with E-state index in [0.717, 1.165) is 37.4 Å². The van der Waals surface area contributed by atoms with E-state index in [4.69, 9.17) is 0 Å². The second-order valence-corrected chi connectivity index (χ2v) is 6.43. The molecule has 1 aliphatic heterocycles. The highest BCUT2D eigenvalue weighted by atomic mass is 19.1. The molecule has 1 N–H and O–H groups in total. The van der Waals surface area contributed by atoms with Gasteiger partial charge in [-0.25, -0.2) is 17.9 Å². The standard InChI is InChI=1S/C20H18F3N3/c21-14-8-9-19(17(23)12-14)26-20-15(6-3-4-10-24-20)18(25-26)11-13-5-1-2-7-16(13)22/h1-2,5,7-9,12,24H,3-4,6,10-11H2. The number of nitrogens with one attached hydrogen (secondary N) is 1. The Morgan fingerprint density at radius 3 is 2.65 bits per heavy atom. The SMILES string of the molecule is Fc1ccc(-n2nc(Cc3ccccc3F)c3c2NCCCC3)c(F)c1. The lowest BCUT2D eigenvalue weighted by Crippen LogP contribution is -2.08. The number of aromatic nitrogens is 2. The van der Waals surface area contributed by atoms with Crippen molar-refractivity contribution in [2.24, 2.45) is 0 Å². The van der Waals surface area contributed by atoms with E-state index < -0.39 is 11.6 Å². The first-order chi connectivity index (χ1) is 12.6. The van der Waals surface area contributed by atoms with Crippen molar-refractivity contribution in [1.29, 1.82) is 0 Å². The molecule has 0 atom stereocenters. The van der Waals surface area contributed by atoms with Crippen LogP contribution in [0.1, 0.15) is 29.7 Å². The number of anilines is 1. The molecule has 0 saturated carbocycles. The number of benzene rings is 2. The Morgan fingerprint density at radius 2 is 1.85 bits per heavy atom. The lowest BCUT2D eigenvalue weighted by atomic mass is 10.0. The normalized spacial score (nSPS) is 13.8. The lowest BCUT2D eigenvalue weighted by Gasteiger charge is -2.10. The molecule has 0 bridgehead atoms. The maximum Gasteiger partial charge on any atom is 0.151 e. The van der Waals surface area contributed by atoms with Crippen molar-refractivity contribution in [3.8, 4) is 5.69 Å². The molecule has 0 fully saturated rings. The zero-order valence-corrected chi connectivity index (χ0v) is 14.1. The Bertz CT molecular complexity index is 949. The molecule has 2 aromatic carbocycles. The molecule has 0 aliphatic carbocycles. The zero-order chi connectivity index (χ0) is 18.1. The number of fused-ring (bicyclic) bond motifs is 1. The third kappa shape index (κ3) is 3.07. The lowest BCUT2D eigenvalue weighted by molar-refractivity contribution is 0.573. The quantitative estimate of drug-likeness (QED) is 0.741. The molecule has 1 aromatic heterocycles. The van der Waals surface area contributed by atoms with Crippen LogP contribution >= 0.6 is 0 Å². The number of halogens is 3. The molecule has 134 valence electrons. The van der Waals surface area contributed by atoms with Crippen molar-refractivity contribution in [2.45, 2.75) is 25.7 Å². The molecule has 26 heavy (non-hydrogen) atoms. The Labute approximate surface area is 149 Å². The fourth-order valence-electron chi connectivity index (χ4n) is 3.36. The predicted molar refractivity (Wildman–Crippen MR) is 94.1 cm³/mol. The van der Waals surface area contributed by atoms with E-state index in [1.165, 1.54) is 22.9 Å². The van der Waals surface area contributed by atoms with Crippen molar-refractivity contribution in [2.75, 3.05) is 11.9 Å². The van der Waals surface area contributed by atoms with Crippen molar-refractivity contribution in [1.82, 2.24) is 9.78 Å². The highest BCUT2D eigenvalue weighted by Gasteiger charge is 2.22. The van der Waals surface area contributed by atoms with E-state index >= 15 is 0 Å². The summed E-state index contributed by atoms with van der Waals surface area (Å²) in [5, 5.41) is 7.86. The fraction of sp³-hybridized carbons (Fsp3) is 0.250. The number of hydrogen-bond donors (Lipinski definition) is 1. The van der Waals surface area contributed by atoms with Gasteiger partial charge in [0.25, 0.3) is 0 Å². The Kier molecular flexibility index (Phi) is 4.41. The second kappa shape index (κ2) is 6.86. The van der Waals surface area contributed by atoms with Crippen molar-refractivity contribution in [3.63, 3.8) is 0 Å². The highest BCUT2D eigenvalue weighted by Crippen LogP contribution is 2.30. The van der Waals surface area contributed by atoms with E-state index in [9.17, 15) is 13.2 Å². The molecule has 3 aromatic rings. The van der Waals surface area contributed by atoms with Gasteiger partial charge in [-0.1, -0.05) is 18.2 Å². The summed E-state index contributed by atoms with van der Waals surface area (Å²) in [5.41, 5.74) is 2.40. The molecule has 2 heterocycles. The number of hydrogen-bond acceptors (Lipinski definition) is 2. The van der Waals surface area contributed by atoms with Crippen molar-refractivity contribution < 1.29 is 13.2 Å². The Morgan fingerprint density at radius 1 is 1.00 bits per heavy atom. The molecular formula is C20H18F3N3. The van der Waals surface area contributed by atoms with E-state index in [0.29, 0.717) is 23.5 Å². The number of rotatable bonds is 3. The maximum absolute atomic E-state index is 14.3. The summed E-state index contributed by atoms with van der Waals surface area (Å²) in [7, 11) is 0. The first kappa shape index (κ1) is 16.7. The van der Waals surface area contributed by atoms with Gasteiger partial charge in [-0.3, -0.25) is 0 Å². The minimum absolute atomic E-state index is 0.178. The molecule has 3 nitrogen and oxygen atoms in total. The average Bonchev–Trinajstić information content (AvgIpc) is 2.80. The minimum atomic E-state index is -0.682. The van der Waals surface area contributed by atoms with Gasteiger partial charge in [0.1, 0.15) is 23.1 Å². The predicted octanol–water partition coefficient (Wildman–Crippen LogP) is 4.63. The van der Waals surface area contributed by atoms with Gasteiger partial charge in [0, 0.05) is 24.6 Å². The summed E-state index contributed by atoms with van der Waals surface area (Å²) in [5.74, 6) is -0.896. The second-order valence-electron chi connectivity index (χ2n) is 6.43.